The molecule has 2 rings (SSSR count). The molecule has 0 bridgehead atoms. The normalized spacial score (nSPS) is 14.0. The molecule has 0 saturated carbocycles. The van der Waals surface area contributed by atoms with Gasteiger partial charge in [0.2, 0.25) is 0 Å². The number of aryl methyl sites for hydroxylation is 1. The molecule has 0 N–H and O–H groups in total. The zero-order valence-electron chi connectivity index (χ0n) is 8.96. The van der Waals surface area contributed by atoms with Crippen molar-refractivity contribution in [2.24, 2.45) is 0 Å². The molecule has 1 aliphatic heterocycles. The molecule has 2 heterocycles. The Hall–Kier alpha value is -1.05. The molecule has 0 radical (unpaired) electrons. The predicted octanol–water partition coefficient (Wildman–Crippen LogP) is 3.02. The summed E-state index contributed by atoms with van der Waals surface area (Å²) in [6.07, 6.45) is 5.38. The van der Waals surface area contributed by atoms with Crippen LogP contribution in [0.2, 0.25) is 0 Å². The van der Waals surface area contributed by atoms with Crippen molar-refractivity contribution in [1.29, 1.82) is 0 Å². The highest BCUT2D eigenvalue weighted by Crippen LogP contribution is 2.20. The van der Waals surface area contributed by atoms with Crippen molar-refractivity contribution in [3.05, 3.63) is 23.8 Å². The van der Waals surface area contributed by atoms with Crippen molar-refractivity contribution < 1.29 is 0 Å². The van der Waals surface area contributed by atoms with Gasteiger partial charge in [-0.15, -0.1) is 0 Å². The molecule has 0 amide bonds. The topological polar surface area (TPSA) is 17.8 Å². The van der Waals surface area contributed by atoms with Crippen molar-refractivity contribution in [1.82, 2.24) is 9.55 Å². The van der Waals surface area contributed by atoms with Crippen LogP contribution in [0.4, 0.5) is 0 Å². The zero-order valence-corrected chi connectivity index (χ0v) is 8.96. The Balaban J connectivity index is 0.000000396. The maximum atomic E-state index is 4.27. The van der Waals surface area contributed by atoms with Gasteiger partial charge in [-0.3, -0.25) is 0 Å². The van der Waals surface area contributed by atoms with Crippen LogP contribution < -0.4 is 0 Å². The van der Waals surface area contributed by atoms with Gasteiger partial charge in [-0.2, -0.15) is 0 Å². The largest absolute Gasteiger partial charge is 0.328 e. The minimum atomic E-state index is 1.10. The standard InChI is InChI=1S/C9H12N2.C2H6/c1-7-4-3-5-11-8(2)10-6-9(7)11;1-2/h4,6H,3,5H2,1-2H3;1-2H3. The summed E-state index contributed by atoms with van der Waals surface area (Å²) in [5.41, 5.74) is 2.64. The number of nitrogens with zero attached hydrogens (tertiary/aromatic N) is 2. The number of fused-ring (bicyclic) bond motifs is 1. The van der Waals surface area contributed by atoms with E-state index in [0.717, 1.165) is 18.8 Å². The Bertz CT molecular complexity index is 308. The van der Waals surface area contributed by atoms with Gasteiger partial charge in [0, 0.05) is 6.54 Å². The average Bonchev–Trinajstić information content (AvgIpc) is 2.53. The van der Waals surface area contributed by atoms with Gasteiger partial charge >= 0.3 is 0 Å². The van der Waals surface area contributed by atoms with Gasteiger partial charge in [0.25, 0.3) is 0 Å². The van der Waals surface area contributed by atoms with Gasteiger partial charge in [0.05, 0.1) is 11.9 Å². The SMILES string of the molecule is CC.CC1=CCCn2c1cnc2C. The molecular formula is C11H18N2. The van der Waals surface area contributed by atoms with E-state index in [2.05, 4.69) is 29.5 Å². The van der Waals surface area contributed by atoms with Crippen molar-refractivity contribution >= 4 is 5.57 Å². The van der Waals surface area contributed by atoms with Gasteiger partial charge in [-0.25, -0.2) is 4.98 Å². The van der Waals surface area contributed by atoms with Crippen LogP contribution in [0.15, 0.2) is 12.3 Å². The fraction of sp³-hybridized carbons (Fsp3) is 0.545. The van der Waals surface area contributed by atoms with Crippen LogP contribution in [0.25, 0.3) is 5.57 Å². The third-order valence-electron chi connectivity index (χ3n) is 2.26. The summed E-state index contributed by atoms with van der Waals surface area (Å²) in [6, 6.07) is 0. The van der Waals surface area contributed by atoms with Crippen LogP contribution in [0.3, 0.4) is 0 Å². The fourth-order valence-corrected chi connectivity index (χ4v) is 1.58. The van der Waals surface area contributed by atoms with Crippen LogP contribution in [0.5, 0.6) is 0 Å². The molecule has 0 saturated heterocycles. The Morgan fingerprint density at radius 1 is 1.31 bits per heavy atom. The highest BCUT2D eigenvalue weighted by atomic mass is 15.1. The third kappa shape index (κ3) is 1.82. The Morgan fingerprint density at radius 3 is 2.62 bits per heavy atom. The van der Waals surface area contributed by atoms with Crippen LogP contribution in [-0.4, -0.2) is 9.55 Å². The van der Waals surface area contributed by atoms with E-state index in [9.17, 15) is 0 Å². The Kier molecular flexibility index (Phi) is 3.29. The molecule has 72 valence electrons. The quantitative estimate of drug-likeness (QED) is 0.597. The average molecular weight is 178 g/mol. The second kappa shape index (κ2) is 4.26. The molecule has 0 spiro atoms. The van der Waals surface area contributed by atoms with Crippen LogP contribution in [0, 0.1) is 6.92 Å². The first kappa shape index (κ1) is 10.0. The number of hydrogen-bond donors (Lipinski definition) is 0. The first-order chi connectivity index (χ1) is 6.29. The maximum Gasteiger partial charge on any atom is 0.105 e. The summed E-state index contributed by atoms with van der Waals surface area (Å²) in [7, 11) is 0. The van der Waals surface area contributed by atoms with Crippen LogP contribution >= 0.6 is 0 Å². The number of allylic oxidation sites excluding steroid dienone is 2. The van der Waals surface area contributed by atoms with Gasteiger partial charge in [0.15, 0.2) is 0 Å². The lowest BCUT2D eigenvalue weighted by molar-refractivity contribution is 0.664. The maximum absolute atomic E-state index is 4.27. The predicted molar refractivity (Wildman–Crippen MR) is 56.6 cm³/mol. The smallest absolute Gasteiger partial charge is 0.105 e. The molecule has 0 unspecified atom stereocenters. The van der Waals surface area contributed by atoms with Gasteiger partial charge in [0.1, 0.15) is 5.82 Å². The summed E-state index contributed by atoms with van der Waals surface area (Å²) >= 11 is 0. The number of imidazole rings is 1. The monoisotopic (exact) mass is 178 g/mol. The van der Waals surface area contributed by atoms with E-state index in [1.165, 1.54) is 11.3 Å². The van der Waals surface area contributed by atoms with Gasteiger partial charge in [-0.05, 0) is 25.8 Å². The molecule has 1 aromatic rings. The van der Waals surface area contributed by atoms with Crippen LogP contribution in [0.1, 0.15) is 38.7 Å². The lowest BCUT2D eigenvalue weighted by Gasteiger charge is -2.14. The minimum absolute atomic E-state index is 1.10. The lowest BCUT2D eigenvalue weighted by Crippen LogP contribution is -2.07. The molecule has 13 heavy (non-hydrogen) atoms. The van der Waals surface area contributed by atoms with E-state index in [0.29, 0.717) is 0 Å². The molecular weight excluding hydrogens is 160 g/mol. The number of hydrogen-bond acceptors (Lipinski definition) is 1. The third-order valence-corrected chi connectivity index (χ3v) is 2.26. The highest BCUT2D eigenvalue weighted by molar-refractivity contribution is 5.61. The highest BCUT2D eigenvalue weighted by Gasteiger charge is 2.10. The molecule has 0 fully saturated rings. The van der Waals surface area contributed by atoms with Crippen molar-refractivity contribution in [3.63, 3.8) is 0 Å². The van der Waals surface area contributed by atoms with Gasteiger partial charge < -0.3 is 4.57 Å². The Labute approximate surface area is 80.3 Å². The zero-order chi connectivity index (χ0) is 9.84. The van der Waals surface area contributed by atoms with E-state index in [1.807, 2.05) is 20.0 Å². The summed E-state index contributed by atoms with van der Waals surface area (Å²) in [4.78, 5) is 4.27. The first-order valence-electron chi connectivity index (χ1n) is 4.98. The molecule has 0 aromatic carbocycles. The molecule has 0 atom stereocenters. The molecule has 1 aromatic heterocycles. The lowest BCUT2D eigenvalue weighted by atomic mass is 10.1. The van der Waals surface area contributed by atoms with Crippen molar-refractivity contribution in [2.45, 2.75) is 40.7 Å². The van der Waals surface area contributed by atoms with E-state index in [4.69, 9.17) is 0 Å². The Morgan fingerprint density at radius 2 is 2.00 bits per heavy atom. The fourth-order valence-electron chi connectivity index (χ4n) is 1.58. The van der Waals surface area contributed by atoms with E-state index in [1.54, 1.807) is 0 Å². The number of rotatable bonds is 0. The van der Waals surface area contributed by atoms with E-state index >= 15 is 0 Å². The molecule has 1 aliphatic rings. The summed E-state index contributed by atoms with van der Waals surface area (Å²) < 4.78 is 2.27. The molecule has 2 nitrogen and oxygen atoms in total. The van der Waals surface area contributed by atoms with Crippen LogP contribution in [-0.2, 0) is 6.54 Å². The van der Waals surface area contributed by atoms with E-state index < -0.39 is 0 Å². The summed E-state index contributed by atoms with van der Waals surface area (Å²) in [5, 5.41) is 0. The minimum Gasteiger partial charge on any atom is -0.328 e. The molecule has 2 heteroatoms. The molecule has 0 aliphatic carbocycles. The van der Waals surface area contributed by atoms with Crippen molar-refractivity contribution in [2.75, 3.05) is 0 Å². The van der Waals surface area contributed by atoms with E-state index in [-0.39, 0.29) is 0 Å². The second-order valence-corrected chi connectivity index (χ2v) is 3.02. The van der Waals surface area contributed by atoms with Crippen molar-refractivity contribution in [3.8, 4) is 0 Å². The second-order valence-electron chi connectivity index (χ2n) is 3.02. The number of aromatic nitrogens is 2. The summed E-state index contributed by atoms with van der Waals surface area (Å²) in [6.45, 7) is 9.30. The summed E-state index contributed by atoms with van der Waals surface area (Å²) in [5.74, 6) is 1.13. The first-order valence-corrected chi connectivity index (χ1v) is 4.98. The van der Waals surface area contributed by atoms with Gasteiger partial charge in [-0.1, -0.05) is 19.9 Å².